The van der Waals surface area contributed by atoms with E-state index < -0.39 is 12.0 Å². The van der Waals surface area contributed by atoms with E-state index in [2.05, 4.69) is 5.32 Å². The van der Waals surface area contributed by atoms with Gasteiger partial charge >= 0.3 is 0 Å². The van der Waals surface area contributed by atoms with Gasteiger partial charge in [0.05, 0.1) is 5.69 Å². The van der Waals surface area contributed by atoms with Gasteiger partial charge < -0.3 is 10.5 Å². The molecule has 0 saturated carbocycles. The highest BCUT2D eigenvalue weighted by molar-refractivity contribution is 5.98. The molecule has 17 heavy (non-hydrogen) atoms. The highest BCUT2D eigenvalue weighted by atomic mass is 16.5. The molecule has 0 spiro atoms. The Morgan fingerprint density at radius 1 is 1.29 bits per heavy atom. The summed E-state index contributed by atoms with van der Waals surface area (Å²) in [4.78, 5) is 22.8. The molecule has 5 heteroatoms. The molecule has 1 saturated heterocycles. The van der Waals surface area contributed by atoms with Crippen LogP contribution in [-0.2, 0) is 9.59 Å². The van der Waals surface area contributed by atoms with Crippen LogP contribution in [0, 0.1) is 0 Å². The van der Waals surface area contributed by atoms with Crippen molar-refractivity contribution in [2.45, 2.75) is 25.4 Å². The third kappa shape index (κ3) is 2.75. The normalized spacial score (nSPS) is 20.6. The summed E-state index contributed by atoms with van der Waals surface area (Å²) >= 11 is 0. The van der Waals surface area contributed by atoms with Gasteiger partial charge in [0.2, 0.25) is 5.91 Å². The van der Waals surface area contributed by atoms with Crippen molar-refractivity contribution in [3.63, 3.8) is 0 Å². The minimum Gasteiger partial charge on any atom is -0.478 e. The molecule has 3 N–H and O–H groups in total. The van der Waals surface area contributed by atoms with Crippen molar-refractivity contribution >= 4 is 17.5 Å². The summed E-state index contributed by atoms with van der Waals surface area (Å²) in [5, 5.41) is 2.29. The molecule has 2 rings (SSSR count). The monoisotopic (exact) mass is 234 g/mol. The zero-order chi connectivity index (χ0) is 12.3. The third-order valence-electron chi connectivity index (χ3n) is 2.61. The number of rotatable bonds is 2. The Hall–Kier alpha value is -2.04. The number of ether oxygens (including phenoxy) is 1. The van der Waals surface area contributed by atoms with Crippen molar-refractivity contribution in [3.05, 3.63) is 24.3 Å². The number of para-hydroxylation sites is 2. The minimum atomic E-state index is -0.647. The summed E-state index contributed by atoms with van der Waals surface area (Å²) < 4.78 is 5.54. The van der Waals surface area contributed by atoms with Gasteiger partial charge in [-0.3, -0.25) is 14.9 Å². The molecule has 5 nitrogen and oxygen atoms in total. The number of carbonyl (C=O) groups is 2. The maximum absolute atomic E-state index is 11.6. The number of anilines is 1. The summed E-state index contributed by atoms with van der Waals surface area (Å²) in [5.41, 5.74) is 6.21. The number of nitrogen functional groups attached to an aromatic ring is 1. The fourth-order valence-corrected chi connectivity index (χ4v) is 1.71. The summed E-state index contributed by atoms with van der Waals surface area (Å²) in [6, 6.07) is 6.98. The first-order valence-electron chi connectivity index (χ1n) is 5.51. The minimum absolute atomic E-state index is 0.248. The van der Waals surface area contributed by atoms with Crippen LogP contribution in [-0.4, -0.2) is 17.9 Å². The molecule has 1 aliphatic rings. The summed E-state index contributed by atoms with van der Waals surface area (Å²) in [6.07, 6.45) is 0.864. The van der Waals surface area contributed by atoms with E-state index in [4.69, 9.17) is 10.5 Å². The number of carbonyl (C=O) groups excluding carboxylic acids is 2. The molecule has 1 atom stereocenters. The highest BCUT2D eigenvalue weighted by Crippen LogP contribution is 2.23. The second-order valence-corrected chi connectivity index (χ2v) is 3.95. The SMILES string of the molecule is Nc1ccccc1OC1CCCC(=O)NC1=O. The number of nitrogens with one attached hydrogen (secondary N) is 1. The van der Waals surface area contributed by atoms with Gasteiger partial charge in [0, 0.05) is 6.42 Å². The third-order valence-corrected chi connectivity index (χ3v) is 2.61. The molecule has 1 aromatic rings. The van der Waals surface area contributed by atoms with Crippen LogP contribution in [0.3, 0.4) is 0 Å². The number of benzene rings is 1. The average Bonchev–Trinajstić information content (AvgIpc) is 2.44. The van der Waals surface area contributed by atoms with Crippen molar-refractivity contribution < 1.29 is 14.3 Å². The van der Waals surface area contributed by atoms with Crippen LogP contribution >= 0.6 is 0 Å². The Bertz CT molecular complexity index is 445. The van der Waals surface area contributed by atoms with Crippen LogP contribution < -0.4 is 15.8 Å². The number of hydrogen-bond acceptors (Lipinski definition) is 4. The summed E-state index contributed by atoms with van der Waals surface area (Å²) in [7, 11) is 0. The van der Waals surface area contributed by atoms with Gasteiger partial charge in [-0.05, 0) is 25.0 Å². The first-order valence-corrected chi connectivity index (χ1v) is 5.51. The lowest BCUT2D eigenvalue weighted by Crippen LogP contribution is -2.39. The largest absolute Gasteiger partial charge is 0.478 e. The first kappa shape index (κ1) is 11.4. The molecule has 0 bridgehead atoms. The number of hydrogen-bond donors (Lipinski definition) is 2. The predicted octanol–water partition coefficient (Wildman–Crippen LogP) is 0.843. The van der Waals surface area contributed by atoms with E-state index in [-0.39, 0.29) is 5.91 Å². The zero-order valence-electron chi connectivity index (χ0n) is 9.31. The van der Waals surface area contributed by atoms with Gasteiger partial charge in [0.1, 0.15) is 5.75 Å². The van der Waals surface area contributed by atoms with E-state index in [0.717, 1.165) is 0 Å². The number of imide groups is 1. The van der Waals surface area contributed by atoms with Gasteiger partial charge in [0.25, 0.3) is 5.91 Å². The van der Waals surface area contributed by atoms with E-state index in [9.17, 15) is 9.59 Å². The van der Waals surface area contributed by atoms with Crippen molar-refractivity contribution in [3.8, 4) is 5.75 Å². The molecule has 1 aliphatic heterocycles. The maximum Gasteiger partial charge on any atom is 0.267 e. The van der Waals surface area contributed by atoms with Crippen LogP contribution in [0.25, 0.3) is 0 Å². The zero-order valence-corrected chi connectivity index (χ0v) is 9.31. The van der Waals surface area contributed by atoms with Gasteiger partial charge in [0.15, 0.2) is 6.10 Å². The standard InChI is InChI=1S/C12H14N2O3/c13-8-4-1-2-5-9(8)17-10-6-3-7-11(15)14-12(10)16/h1-2,4-5,10H,3,6-7,13H2,(H,14,15,16). The molecule has 0 aromatic heterocycles. The van der Waals surface area contributed by atoms with Gasteiger partial charge in [-0.15, -0.1) is 0 Å². The average molecular weight is 234 g/mol. The fourth-order valence-electron chi connectivity index (χ4n) is 1.71. The van der Waals surface area contributed by atoms with Crippen LogP contribution in [0.2, 0.25) is 0 Å². The first-order chi connectivity index (χ1) is 8.16. The van der Waals surface area contributed by atoms with Crippen molar-refractivity contribution in [1.82, 2.24) is 5.32 Å². The Morgan fingerprint density at radius 2 is 2.06 bits per heavy atom. The molecule has 1 heterocycles. The molecule has 1 fully saturated rings. The fraction of sp³-hybridized carbons (Fsp3) is 0.333. The van der Waals surface area contributed by atoms with Crippen LogP contribution in [0.5, 0.6) is 5.75 Å². The summed E-state index contributed by atoms with van der Waals surface area (Å²) in [6.45, 7) is 0. The molecular weight excluding hydrogens is 220 g/mol. The Labute approximate surface area is 98.9 Å². The van der Waals surface area contributed by atoms with Crippen LogP contribution in [0.15, 0.2) is 24.3 Å². The van der Waals surface area contributed by atoms with E-state index in [0.29, 0.717) is 30.7 Å². The molecule has 1 aromatic carbocycles. The molecule has 90 valence electrons. The van der Waals surface area contributed by atoms with Crippen LogP contribution in [0.1, 0.15) is 19.3 Å². The Morgan fingerprint density at radius 3 is 2.82 bits per heavy atom. The number of amides is 2. The topological polar surface area (TPSA) is 81.4 Å². The van der Waals surface area contributed by atoms with Crippen LogP contribution in [0.4, 0.5) is 5.69 Å². The van der Waals surface area contributed by atoms with E-state index in [1.54, 1.807) is 24.3 Å². The molecule has 1 unspecified atom stereocenters. The van der Waals surface area contributed by atoms with Gasteiger partial charge in [-0.2, -0.15) is 0 Å². The highest BCUT2D eigenvalue weighted by Gasteiger charge is 2.26. The maximum atomic E-state index is 11.6. The van der Waals surface area contributed by atoms with Gasteiger partial charge in [-0.25, -0.2) is 0 Å². The number of nitrogens with two attached hydrogens (primary N) is 1. The quantitative estimate of drug-likeness (QED) is 0.587. The van der Waals surface area contributed by atoms with E-state index in [1.165, 1.54) is 0 Å². The molecule has 0 radical (unpaired) electrons. The summed E-state index contributed by atoms with van der Waals surface area (Å²) in [5.74, 6) is -0.167. The Kier molecular flexibility index (Phi) is 3.27. The lowest BCUT2D eigenvalue weighted by molar-refractivity contribution is -0.133. The smallest absolute Gasteiger partial charge is 0.267 e. The van der Waals surface area contributed by atoms with E-state index in [1.807, 2.05) is 0 Å². The molecular formula is C12H14N2O3. The van der Waals surface area contributed by atoms with Gasteiger partial charge in [-0.1, -0.05) is 12.1 Å². The second-order valence-electron chi connectivity index (χ2n) is 3.95. The lowest BCUT2D eigenvalue weighted by Gasteiger charge is -2.16. The second kappa shape index (κ2) is 4.86. The molecule has 0 aliphatic carbocycles. The van der Waals surface area contributed by atoms with Crippen molar-refractivity contribution in [1.29, 1.82) is 0 Å². The van der Waals surface area contributed by atoms with Crippen molar-refractivity contribution in [2.75, 3.05) is 5.73 Å². The van der Waals surface area contributed by atoms with E-state index >= 15 is 0 Å². The predicted molar refractivity (Wildman–Crippen MR) is 62.3 cm³/mol. The van der Waals surface area contributed by atoms with Crippen molar-refractivity contribution in [2.24, 2.45) is 0 Å². The lowest BCUT2D eigenvalue weighted by atomic mass is 10.2. The Balaban J connectivity index is 2.10. The molecule has 2 amide bonds.